The molecule has 0 aromatic heterocycles. The minimum atomic E-state index is -0.258. The lowest BCUT2D eigenvalue weighted by molar-refractivity contribution is 0.104. The first-order chi connectivity index (χ1) is 11.2. The van der Waals surface area contributed by atoms with Gasteiger partial charge in [-0.1, -0.05) is 49.7 Å². The Labute approximate surface area is 136 Å². The van der Waals surface area contributed by atoms with Crippen LogP contribution in [0.25, 0.3) is 6.08 Å². The molecule has 23 heavy (non-hydrogen) atoms. The number of benzene rings is 2. The lowest BCUT2D eigenvalue weighted by Gasteiger charge is -2.03. The zero-order valence-electron chi connectivity index (χ0n) is 13.4. The van der Waals surface area contributed by atoms with E-state index in [-0.39, 0.29) is 11.4 Å². The van der Waals surface area contributed by atoms with E-state index in [1.807, 2.05) is 30.3 Å². The number of nitriles is 1. The highest BCUT2D eigenvalue weighted by molar-refractivity contribution is 6.14. The molecule has 116 valence electrons. The summed E-state index contributed by atoms with van der Waals surface area (Å²) in [5, 5.41) is 9.29. The molecule has 0 aliphatic rings. The predicted molar refractivity (Wildman–Crippen MR) is 91.4 cm³/mol. The highest BCUT2D eigenvalue weighted by Crippen LogP contribution is 2.17. The summed E-state index contributed by atoms with van der Waals surface area (Å²) >= 11 is 0. The van der Waals surface area contributed by atoms with E-state index in [9.17, 15) is 10.1 Å². The number of methoxy groups -OCH3 is 1. The minimum absolute atomic E-state index is 0.124. The first-order valence-corrected chi connectivity index (χ1v) is 7.57. The van der Waals surface area contributed by atoms with Crippen LogP contribution in [0.4, 0.5) is 0 Å². The Kier molecular flexibility index (Phi) is 5.71. The molecule has 0 heterocycles. The SMILES string of the molecule is CCCc1ccc(C(=O)/C(C#N)=C/c2ccc(OC)cc2)cc1. The molecule has 3 nitrogen and oxygen atoms in total. The molecule has 2 aromatic rings. The number of Topliss-reactive ketones (excluding diaryl/α,β-unsaturated/α-hetero) is 1. The second-order valence-corrected chi connectivity index (χ2v) is 5.22. The number of rotatable bonds is 6. The van der Waals surface area contributed by atoms with Crippen LogP contribution in [0.1, 0.15) is 34.8 Å². The van der Waals surface area contributed by atoms with Crippen molar-refractivity contribution in [3.8, 4) is 11.8 Å². The van der Waals surface area contributed by atoms with Crippen LogP contribution < -0.4 is 4.74 Å². The quantitative estimate of drug-likeness (QED) is 0.450. The van der Waals surface area contributed by atoms with Crippen molar-refractivity contribution in [2.24, 2.45) is 0 Å². The summed E-state index contributed by atoms with van der Waals surface area (Å²) in [4.78, 5) is 12.5. The van der Waals surface area contributed by atoms with E-state index in [4.69, 9.17) is 4.74 Å². The second kappa shape index (κ2) is 7.95. The molecule has 0 N–H and O–H groups in total. The van der Waals surface area contributed by atoms with Crippen LogP contribution in [0.3, 0.4) is 0 Å². The highest BCUT2D eigenvalue weighted by atomic mass is 16.5. The van der Waals surface area contributed by atoms with Crippen molar-refractivity contribution in [2.75, 3.05) is 7.11 Å². The second-order valence-electron chi connectivity index (χ2n) is 5.22. The standard InChI is InChI=1S/C20H19NO2/c1-3-4-15-5-9-17(10-6-15)20(22)18(14-21)13-16-7-11-19(23-2)12-8-16/h5-13H,3-4H2,1-2H3/b18-13+. The van der Waals surface area contributed by atoms with Gasteiger partial charge in [0.05, 0.1) is 7.11 Å². The smallest absolute Gasteiger partial charge is 0.203 e. The molecular weight excluding hydrogens is 286 g/mol. The first-order valence-electron chi connectivity index (χ1n) is 7.57. The van der Waals surface area contributed by atoms with Crippen molar-refractivity contribution in [2.45, 2.75) is 19.8 Å². The van der Waals surface area contributed by atoms with Gasteiger partial charge >= 0.3 is 0 Å². The third-order valence-corrected chi connectivity index (χ3v) is 3.55. The Morgan fingerprint density at radius 2 is 1.78 bits per heavy atom. The van der Waals surface area contributed by atoms with Crippen molar-refractivity contribution in [1.82, 2.24) is 0 Å². The van der Waals surface area contributed by atoms with Gasteiger partial charge in [0, 0.05) is 5.56 Å². The van der Waals surface area contributed by atoms with Gasteiger partial charge < -0.3 is 4.74 Å². The summed E-state index contributed by atoms with van der Waals surface area (Å²) in [7, 11) is 1.59. The molecule has 0 amide bonds. The van der Waals surface area contributed by atoms with Crippen molar-refractivity contribution in [3.63, 3.8) is 0 Å². The summed E-state index contributed by atoms with van der Waals surface area (Å²) in [6, 6.07) is 16.7. The predicted octanol–water partition coefficient (Wildman–Crippen LogP) is 4.44. The molecule has 2 rings (SSSR count). The lowest BCUT2D eigenvalue weighted by atomic mass is 10.00. The fourth-order valence-electron chi connectivity index (χ4n) is 2.28. The van der Waals surface area contributed by atoms with E-state index in [0.29, 0.717) is 5.56 Å². The van der Waals surface area contributed by atoms with E-state index in [1.54, 1.807) is 37.5 Å². The van der Waals surface area contributed by atoms with Crippen molar-refractivity contribution in [3.05, 3.63) is 70.8 Å². The largest absolute Gasteiger partial charge is 0.497 e. The molecule has 0 aliphatic carbocycles. The number of ketones is 1. The third-order valence-electron chi connectivity index (χ3n) is 3.55. The first kappa shape index (κ1) is 16.5. The van der Waals surface area contributed by atoms with Crippen LogP contribution in [-0.2, 0) is 6.42 Å². The van der Waals surface area contributed by atoms with Crippen LogP contribution in [0.2, 0.25) is 0 Å². The molecule has 0 unspecified atom stereocenters. The maximum atomic E-state index is 12.5. The van der Waals surface area contributed by atoms with Crippen LogP contribution >= 0.6 is 0 Å². The molecule has 2 aromatic carbocycles. The maximum Gasteiger partial charge on any atom is 0.203 e. The van der Waals surface area contributed by atoms with Gasteiger partial charge in [-0.3, -0.25) is 4.79 Å². The number of allylic oxidation sites excluding steroid dienone is 1. The average molecular weight is 305 g/mol. The van der Waals surface area contributed by atoms with Crippen molar-refractivity contribution >= 4 is 11.9 Å². The molecule has 0 aliphatic heterocycles. The summed E-state index contributed by atoms with van der Waals surface area (Å²) < 4.78 is 5.10. The van der Waals surface area contributed by atoms with Crippen LogP contribution in [0, 0.1) is 11.3 Å². The van der Waals surface area contributed by atoms with E-state index < -0.39 is 0 Å². The third kappa shape index (κ3) is 4.31. The average Bonchev–Trinajstić information content (AvgIpc) is 2.60. The fourth-order valence-corrected chi connectivity index (χ4v) is 2.28. The molecule has 0 saturated heterocycles. The zero-order chi connectivity index (χ0) is 16.7. The van der Waals surface area contributed by atoms with E-state index in [1.165, 1.54) is 5.56 Å². The zero-order valence-corrected chi connectivity index (χ0v) is 13.4. The Morgan fingerprint density at radius 3 is 2.30 bits per heavy atom. The van der Waals surface area contributed by atoms with Crippen LogP contribution in [-0.4, -0.2) is 12.9 Å². The molecule has 0 spiro atoms. The maximum absolute atomic E-state index is 12.5. The van der Waals surface area contributed by atoms with Gasteiger partial charge in [-0.25, -0.2) is 0 Å². The number of carbonyl (C=O) groups is 1. The van der Waals surface area contributed by atoms with E-state index in [0.717, 1.165) is 24.2 Å². The number of ether oxygens (including phenoxy) is 1. The molecule has 0 radical (unpaired) electrons. The van der Waals surface area contributed by atoms with E-state index >= 15 is 0 Å². The van der Waals surface area contributed by atoms with Gasteiger partial charge in [0.25, 0.3) is 0 Å². The number of hydrogen-bond donors (Lipinski definition) is 0. The van der Waals surface area contributed by atoms with Gasteiger partial charge in [-0.15, -0.1) is 0 Å². The highest BCUT2D eigenvalue weighted by Gasteiger charge is 2.12. The van der Waals surface area contributed by atoms with Gasteiger partial charge in [0.2, 0.25) is 5.78 Å². The molecule has 0 atom stereocenters. The van der Waals surface area contributed by atoms with Gasteiger partial charge in [0.15, 0.2) is 0 Å². The molecule has 0 saturated carbocycles. The summed E-state index contributed by atoms with van der Waals surface area (Å²) in [5.41, 5.74) is 2.64. The summed E-state index contributed by atoms with van der Waals surface area (Å²) in [6.45, 7) is 2.12. The van der Waals surface area contributed by atoms with E-state index in [2.05, 4.69) is 6.92 Å². The van der Waals surface area contributed by atoms with Crippen molar-refractivity contribution < 1.29 is 9.53 Å². The fraction of sp³-hybridized carbons (Fsp3) is 0.200. The van der Waals surface area contributed by atoms with Gasteiger partial charge in [-0.2, -0.15) is 5.26 Å². The monoisotopic (exact) mass is 305 g/mol. The number of carbonyl (C=O) groups excluding carboxylic acids is 1. The van der Waals surface area contributed by atoms with Crippen molar-refractivity contribution in [1.29, 1.82) is 5.26 Å². The Balaban J connectivity index is 2.23. The number of aryl methyl sites for hydroxylation is 1. The Bertz CT molecular complexity index is 735. The van der Waals surface area contributed by atoms with Crippen LogP contribution in [0.15, 0.2) is 54.1 Å². The minimum Gasteiger partial charge on any atom is -0.497 e. The van der Waals surface area contributed by atoms with Crippen LogP contribution in [0.5, 0.6) is 5.75 Å². The molecule has 0 bridgehead atoms. The topological polar surface area (TPSA) is 50.1 Å². The summed E-state index contributed by atoms with van der Waals surface area (Å²) in [6.07, 6.45) is 3.65. The molecule has 0 fully saturated rings. The molecule has 3 heteroatoms. The normalized spacial score (nSPS) is 10.9. The van der Waals surface area contributed by atoms with Gasteiger partial charge in [-0.05, 0) is 35.8 Å². The molecular formula is C20H19NO2. The lowest BCUT2D eigenvalue weighted by Crippen LogP contribution is -2.02. The summed E-state index contributed by atoms with van der Waals surface area (Å²) in [5.74, 6) is 0.477. The number of hydrogen-bond acceptors (Lipinski definition) is 3. The Morgan fingerprint density at radius 1 is 1.13 bits per heavy atom. The van der Waals surface area contributed by atoms with Gasteiger partial charge in [0.1, 0.15) is 17.4 Å². The number of nitrogens with zero attached hydrogens (tertiary/aromatic N) is 1. The Hall–Kier alpha value is -2.86.